The summed E-state index contributed by atoms with van der Waals surface area (Å²) < 4.78 is 0. The molecule has 0 aromatic heterocycles. The first-order valence-electron chi connectivity index (χ1n) is 6.60. The molecular weight excluding hydrogens is 194 g/mol. The van der Waals surface area contributed by atoms with Crippen LogP contribution >= 0.6 is 0 Å². The largest absolute Gasteiger partial charge is 0.384 e. The quantitative estimate of drug-likeness (QED) is 0.756. The molecule has 1 nitrogen and oxygen atoms in total. The minimum atomic E-state index is 0.628. The van der Waals surface area contributed by atoms with E-state index in [0.29, 0.717) is 5.92 Å². The Morgan fingerprint density at radius 1 is 1.31 bits per heavy atom. The maximum absolute atomic E-state index is 3.50. The van der Waals surface area contributed by atoms with Gasteiger partial charge in [-0.2, -0.15) is 0 Å². The fourth-order valence-electron chi connectivity index (χ4n) is 2.15. The van der Waals surface area contributed by atoms with Crippen molar-refractivity contribution in [3.63, 3.8) is 0 Å². The van der Waals surface area contributed by atoms with Gasteiger partial charge >= 0.3 is 0 Å². The van der Waals surface area contributed by atoms with Gasteiger partial charge in [-0.1, -0.05) is 46.8 Å². The normalized spacial score (nSPS) is 17.5. The molecule has 0 aliphatic carbocycles. The van der Waals surface area contributed by atoms with Gasteiger partial charge in [0, 0.05) is 18.2 Å². The van der Waals surface area contributed by atoms with Crippen molar-refractivity contribution in [1.29, 1.82) is 0 Å². The molecule has 1 aromatic carbocycles. The molecule has 0 bridgehead atoms. The lowest BCUT2D eigenvalue weighted by Gasteiger charge is -2.09. The summed E-state index contributed by atoms with van der Waals surface area (Å²) in [6.45, 7) is 11.9. The van der Waals surface area contributed by atoms with Gasteiger partial charge < -0.3 is 5.32 Å². The predicted octanol–water partition coefficient (Wildman–Crippen LogP) is 4.76. The van der Waals surface area contributed by atoms with Crippen LogP contribution in [0.3, 0.4) is 0 Å². The molecule has 1 N–H and O–H groups in total. The zero-order valence-electron chi connectivity index (χ0n) is 11.3. The Morgan fingerprint density at radius 3 is 2.56 bits per heavy atom. The summed E-state index contributed by atoms with van der Waals surface area (Å²) in [5, 5.41) is 3.50. The Hall–Kier alpha value is -0.980. The first-order chi connectivity index (χ1) is 7.72. The highest BCUT2D eigenvalue weighted by molar-refractivity contribution is 5.59. The first kappa shape index (κ1) is 13.1. The summed E-state index contributed by atoms with van der Waals surface area (Å²) in [5.74, 6) is 1.36. The topological polar surface area (TPSA) is 12.0 Å². The van der Waals surface area contributed by atoms with Gasteiger partial charge in [-0.05, 0) is 29.5 Å². The molecule has 1 atom stereocenters. The smallest absolute Gasteiger partial charge is 0.0379 e. The van der Waals surface area contributed by atoms with Crippen LogP contribution in [0.2, 0.25) is 0 Å². The fourth-order valence-corrected chi connectivity index (χ4v) is 2.15. The van der Waals surface area contributed by atoms with Crippen molar-refractivity contribution in [2.24, 2.45) is 0 Å². The van der Waals surface area contributed by atoms with Crippen LogP contribution in [0.15, 0.2) is 18.2 Å². The molecule has 90 valence electrons. The second-order valence-corrected chi connectivity index (χ2v) is 4.49. The van der Waals surface area contributed by atoms with Gasteiger partial charge in [-0.3, -0.25) is 0 Å². The number of hydrogen-bond acceptors (Lipinski definition) is 1. The highest BCUT2D eigenvalue weighted by Gasteiger charge is 2.20. The van der Waals surface area contributed by atoms with E-state index in [0.717, 1.165) is 12.5 Å². The van der Waals surface area contributed by atoms with E-state index in [2.05, 4.69) is 44.3 Å². The molecule has 1 heterocycles. The van der Waals surface area contributed by atoms with Gasteiger partial charge in [0.1, 0.15) is 0 Å². The molecule has 1 aliphatic heterocycles. The van der Waals surface area contributed by atoms with Crippen LogP contribution in [0.4, 0.5) is 5.69 Å². The summed E-state index contributed by atoms with van der Waals surface area (Å²) >= 11 is 0. The Kier molecular flexibility index (Phi) is 4.85. The van der Waals surface area contributed by atoms with Gasteiger partial charge in [0.05, 0.1) is 0 Å². The number of fused-ring (bicyclic) bond motifs is 1. The van der Waals surface area contributed by atoms with Crippen molar-refractivity contribution in [2.45, 2.75) is 52.9 Å². The highest BCUT2D eigenvalue weighted by atomic mass is 14.9. The van der Waals surface area contributed by atoms with Gasteiger partial charge in [0.25, 0.3) is 0 Å². The van der Waals surface area contributed by atoms with E-state index in [1.807, 2.05) is 13.8 Å². The summed E-state index contributed by atoms with van der Waals surface area (Å²) in [4.78, 5) is 0. The second kappa shape index (κ2) is 5.93. The monoisotopic (exact) mass is 219 g/mol. The lowest BCUT2D eigenvalue weighted by atomic mass is 9.95. The molecular formula is C15H25N. The van der Waals surface area contributed by atoms with Crippen molar-refractivity contribution in [3.05, 3.63) is 29.3 Å². The van der Waals surface area contributed by atoms with Gasteiger partial charge in [-0.25, -0.2) is 0 Å². The van der Waals surface area contributed by atoms with Crippen LogP contribution in [0.1, 0.15) is 64.0 Å². The summed E-state index contributed by atoms with van der Waals surface area (Å²) in [6.07, 6.45) is 1.24. The third kappa shape index (κ3) is 2.58. The Bertz CT molecular complexity index is 328. The van der Waals surface area contributed by atoms with Crippen LogP contribution < -0.4 is 5.32 Å². The predicted molar refractivity (Wildman–Crippen MR) is 73.4 cm³/mol. The molecule has 1 unspecified atom stereocenters. The maximum Gasteiger partial charge on any atom is 0.0379 e. The number of rotatable bonds is 2. The molecule has 2 rings (SSSR count). The molecule has 0 saturated carbocycles. The molecule has 0 radical (unpaired) electrons. The first-order valence-corrected chi connectivity index (χ1v) is 6.60. The molecule has 1 aromatic rings. The Labute approximate surface area is 100 Å². The van der Waals surface area contributed by atoms with E-state index in [-0.39, 0.29) is 0 Å². The summed E-state index contributed by atoms with van der Waals surface area (Å²) in [5.41, 5.74) is 4.31. The number of hydrogen-bond donors (Lipinski definition) is 1. The van der Waals surface area contributed by atoms with E-state index in [4.69, 9.17) is 0 Å². The zero-order chi connectivity index (χ0) is 12.1. The molecule has 0 fully saturated rings. The van der Waals surface area contributed by atoms with Crippen LogP contribution in [0, 0.1) is 0 Å². The lowest BCUT2D eigenvalue weighted by molar-refractivity contribution is 0.727. The van der Waals surface area contributed by atoms with Crippen LogP contribution in [-0.4, -0.2) is 6.54 Å². The highest BCUT2D eigenvalue weighted by Crippen LogP contribution is 2.35. The van der Waals surface area contributed by atoms with Crippen molar-refractivity contribution in [3.8, 4) is 0 Å². The van der Waals surface area contributed by atoms with Crippen LogP contribution in [-0.2, 0) is 0 Å². The van der Waals surface area contributed by atoms with Crippen LogP contribution in [0.5, 0.6) is 0 Å². The standard InChI is InChI=1S/C13H19N.C2H6/c1-4-10-8-14-13-7-11(9(2)3)5-6-12(10)13;1-2/h5-7,9-10,14H,4,8H2,1-3H3;1-2H3. The Morgan fingerprint density at radius 2 is 2.00 bits per heavy atom. The third-order valence-electron chi connectivity index (χ3n) is 3.22. The summed E-state index contributed by atoms with van der Waals surface area (Å²) in [7, 11) is 0. The Balaban J connectivity index is 0.000000606. The zero-order valence-corrected chi connectivity index (χ0v) is 11.3. The average molecular weight is 219 g/mol. The van der Waals surface area contributed by atoms with Crippen molar-refractivity contribution >= 4 is 5.69 Å². The van der Waals surface area contributed by atoms with E-state index in [1.54, 1.807) is 0 Å². The van der Waals surface area contributed by atoms with Gasteiger partial charge in [0.15, 0.2) is 0 Å². The third-order valence-corrected chi connectivity index (χ3v) is 3.22. The van der Waals surface area contributed by atoms with E-state index >= 15 is 0 Å². The van der Waals surface area contributed by atoms with E-state index in [9.17, 15) is 0 Å². The van der Waals surface area contributed by atoms with Gasteiger partial charge in [0.2, 0.25) is 0 Å². The fraction of sp³-hybridized carbons (Fsp3) is 0.600. The molecule has 0 saturated heterocycles. The molecule has 1 aliphatic rings. The van der Waals surface area contributed by atoms with E-state index in [1.165, 1.54) is 23.2 Å². The summed E-state index contributed by atoms with van der Waals surface area (Å²) in [6, 6.07) is 6.90. The number of benzene rings is 1. The second-order valence-electron chi connectivity index (χ2n) is 4.49. The number of nitrogens with one attached hydrogen (secondary N) is 1. The minimum Gasteiger partial charge on any atom is -0.384 e. The molecule has 1 heteroatoms. The lowest BCUT2D eigenvalue weighted by Crippen LogP contribution is -1.99. The maximum atomic E-state index is 3.50. The number of anilines is 1. The van der Waals surface area contributed by atoms with E-state index < -0.39 is 0 Å². The molecule has 16 heavy (non-hydrogen) atoms. The van der Waals surface area contributed by atoms with Crippen molar-refractivity contribution < 1.29 is 0 Å². The van der Waals surface area contributed by atoms with Crippen molar-refractivity contribution in [2.75, 3.05) is 11.9 Å². The SMILES string of the molecule is CC.CCC1CNc2cc(C(C)C)ccc21. The average Bonchev–Trinajstić information content (AvgIpc) is 2.73. The van der Waals surface area contributed by atoms with Gasteiger partial charge in [-0.15, -0.1) is 0 Å². The minimum absolute atomic E-state index is 0.628. The van der Waals surface area contributed by atoms with Crippen LogP contribution in [0.25, 0.3) is 0 Å². The van der Waals surface area contributed by atoms with Crippen molar-refractivity contribution in [1.82, 2.24) is 0 Å². The molecule has 0 amide bonds. The molecule has 0 spiro atoms.